The number of piperidine rings is 1. The Kier molecular flexibility index (Phi) is 6.16. The lowest BCUT2D eigenvalue weighted by atomic mass is 10.1. The molecule has 0 spiro atoms. The summed E-state index contributed by atoms with van der Waals surface area (Å²) in [7, 11) is 1.62. The van der Waals surface area contributed by atoms with E-state index in [0.717, 1.165) is 29.1 Å². The summed E-state index contributed by atoms with van der Waals surface area (Å²) in [6.07, 6.45) is 7.10. The highest BCUT2D eigenvalue weighted by atomic mass is 19.1. The van der Waals surface area contributed by atoms with Gasteiger partial charge in [-0.15, -0.1) is 0 Å². The first-order valence-corrected chi connectivity index (χ1v) is 11.7. The number of methoxy groups -OCH3 is 1. The lowest BCUT2D eigenvalue weighted by Crippen LogP contribution is -2.45. The fraction of sp³-hybridized carbons (Fsp3) is 0.400. The van der Waals surface area contributed by atoms with Crippen molar-refractivity contribution in [2.24, 2.45) is 0 Å². The van der Waals surface area contributed by atoms with Crippen molar-refractivity contribution in [2.45, 2.75) is 44.6 Å². The Morgan fingerprint density at radius 3 is 2.91 bits per heavy atom. The third-order valence-corrected chi connectivity index (χ3v) is 6.08. The largest absolute Gasteiger partial charge is 0.496 e. The number of ether oxygens (including phenoxy) is 1. The Hall–Kier alpha value is -3.50. The monoisotopic (exact) mass is 479 g/mol. The number of pyridine rings is 2. The predicted octanol–water partition coefficient (Wildman–Crippen LogP) is 3.15. The molecule has 1 aliphatic heterocycles. The molecule has 0 saturated carbocycles. The fourth-order valence-electron chi connectivity index (χ4n) is 4.40. The van der Waals surface area contributed by atoms with Crippen molar-refractivity contribution in [3.8, 4) is 28.3 Å². The van der Waals surface area contributed by atoms with Gasteiger partial charge in [0.15, 0.2) is 0 Å². The number of aromatic nitrogens is 5. The number of hydrogen-bond acceptors (Lipinski definition) is 7. The maximum atomic E-state index is 14.3. The molecule has 35 heavy (non-hydrogen) atoms. The summed E-state index contributed by atoms with van der Waals surface area (Å²) in [5.74, 6) is 1.30. The molecule has 10 heteroatoms. The predicted molar refractivity (Wildman–Crippen MR) is 132 cm³/mol. The Balaban J connectivity index is 1.49. The van der Waals surface area contributed by atoms with Gasteiger partial charge in [-0.25, -0.2) is 14.4 Å². The van der Waals surface area contributed by atoms with Crippen LogP contribution in [0.25, 0.3) is 28.2 Å². The van der Waals surface area contributed by atoms with E-state index in [1.807, 2.05) is 41.1 Å². The van der Waals surface area contributed by atoms with E-state index in [-0.39, 0.29) is 6.04 Å². The summed E-state index contributed by atoms with van der Waals surface area (Å²) >= 11 is 0. The number of hydrogen-bond donors (Lipinski definition) is 3. The molecule has 0 amide bonds. The van der Waals surface area contributed by atoms with E-state index in [1.165, 1.54) is 0 Å². The van der Waals surface area contributed by atoms with Gasteiger partial charge in [-0.2, -0.15) is 5.10 Å². The van der Waals surface area contributed by atoms with Crippen LogP contribution in [-0.4, -0.2) is 67.3 Å². The highest BCUT2D eigenvalue weighted by Gasteiger charge is 2.25. The second-order valence-electron chi connectivity index (χ2n) is 9.53. The van der Waals surface area contributed by atoms with Gasteiger partial charge in [-0.3, -0.25) is 9.08 Å². The van der Waals surface area contributed by atoms with Crippen molar-refractivity contribution in [3.05, 3.63) is 49.1 Å². The van der Waals surface area contributed by atoms with E-state index in [9.17, 15) is 9.50 Å². The van der Waals surface area contributed by atoms with Crippen LogP contribution in [0.5, 0.6) is 5.75 Å². The van der Waals surface area contributed by atoms with Crippen molar-refractivity contribution in [3.63, 3.8) is 0 Å². The molecule has 184 valence electrons. The minimum Gasteiger partial charge on any atom is -0.496 e. The highest BCUT2D eigenvalue weighted by molar-refractivity contribution is 5.73. The summed E-state index contributed by atoms with van der Waals surface area (Å²) in [6.45, 7) is 4.99. The van der Waals surface area contributed by atoms with Gasteiger partial charge in [0.05, 0.1) is 49.1 Å². The van der Waals surface area contributed by atoms with Gasteiger partial charge in [0.25, 0.3) is 0 Å². The Labute approximate surface area is 203 Å². The summed E-state index contributed by atoms with van der Waals surface area (Å²) in [4.78, 5) is 9.30. The first-order valence-electron chi connectivity index (χ1n) is 11.7. The van der Waals surface area contributed by atoms with Crippen LogP contribution in [0.4, 0.5) is 10.2 Å². The maximum absolute atomic E-state index is 14.3. The fourth-order valence-corrected chi connectivity index (χ4v) is 4.40. The zero-order valence-electron chi connectivity index (χ0n) is 20.1. The van der Waals surface area contributed by atoms with Gasteiger partial charge < -0.3 is 20.5 Å². The summed E-state index contributed by atoms with van der Waals surface area (Å²) in [6, 6.07) is 7.28. The molecular formula is C25H30FN7O2. The van der Waals surface area contributed by atoms with Crippen molar-refractivity contribution in [1.82, 2.24) is 29.5 Å². The van der Waals surface area contributed by atoms with Gasteiger partial charge in [-0.1, -0.05) is 6.07 Å². The van der Waals surface area contributed by atoms with Gasteiger partial charge >= 0.3 is 0 Å². The molecule has 0 aliphatic carbocycles. The Bertz CT molecular complexity index is 1330. The molecule has 5 heterocycles. The zero-order valence-corrected chi connectivity index (χ0v) is 20.1. The topological polar surface area (TPSA) is 102 Å². The smallest absolute Gasteiger partial charge is 0.140 e. The minimum atomic E-state index is -0.961. The molecule has 0 aromatic carbocycles. The van der Waals surface area contributed by atoms with Crippen LogP contribution >= 0.6 is 0 Å². The zero-order chi connectivity index (χ0) is 24.6. The number of anilines is 1. The second kappa shape index (κ2) is 9.27. The second-order valence-corrected chi connectivity index (χ2v) is 9.53. The number of alkyl halides is 1. The number of nitrogens with zero attached hydrogens (tertiary/aromatic N) is 5. The molecule has 1 fully saturated rings. The molecule has 0 bridgehead atoms. The SMILES string of the molecule is COc1cc2ncc(-c3cccc(NC4CCNCC4F)n3)n2cc1-c1cnn(CC(C)(C)O)c1. The summed E-state index contributed by atoms with van der Waals surface area (Å²) in [5.41, 5.74) is 3.06. The van der Waals surface area contributed by atoms with Crippen LogP contribution < -0.4 is 15.4 Å². The Morgan fingerprint density at radius 2 is 2.14 bits per heavy atom. The number of halogens is 1. The molecule has 2 atom stereocenters. The van der Waals surface area contributed by atoms with E-state index in [4.69, 9.17) is 9.72 Å². The number of aliphatic hydroxyl groups is 1. The van der Waals surface area contributed by atoms with Gasteiger partial charge in [0.2, 0.25) is 0 Å². The normalized spacial score (nSPS) is 18.7. The van der Waals surface area contributed by atoms with E-state index in [2.05, 4.69) is 20.7 Å². The van der Waals surface area contributed by atoms with Gasteiger partial charge in [0.1, 0.15) is 23.4 Å². The molecule has 4 aromatic heterocycles. The molecule has 2 unspecified atom stereocenters. The molecule has 0 radical (unpaired) electrons. The van der Waals surface area contributed by atoms with Crippen LogP contribution in [0.15, 0.2) is 49.1 Å². The number of imidazole rings is 1. The molecule has 1 saturated heterocycles. The van der Waals surface area contributed by atoms with E-state index in [1.54, 1.807) is 38.0 Å². The van der Waals surface area contributed by atoms with Crippen LogP contribution in [0.2, 0.25) is 0 Å². The summed E-state index contributed by atoms with van der Waals surface area (Å²) in [5, 5.41) is 20.8. The molecule has 3 N–H and O–H groups in total. The van der Waals surface area contributed by atoms with Crippen molar-refractivity contribution in [1.29, 1.82) is 0 Å². The first kappa shape index (κ1) is 23.3. The minimum absolute atomic E-state index is 0.266. The van der Waals surface area contributed by atoms with Crippen LogP contribution in [0, 0.1) is 0 Å². The van der Waals surface area contributed by atoms with Gasteiger partial charge in [0, 0.05) is 36.1 Å². The number of fused-ring (bicyclic) bond motifs is 1. The van der Waals surface area contributed by atoms with Crippen LogP contribution in [0.1, 0.15) is 20.3 Å². The maximum Gasteiger partial charge on any atom is 0.140 e. The van der Waals surface area contributed by atoms with E-state index in [0.29, 0.717) is 36.7 Å². The standard InChI is InChI=1S/C25H30FN7O2/c1-25(2,34)15-32-13-16(10-29-32)17-14-33-21(12-28-24(33)9-22(17)35-3)20-5-4-6-23(31-20)30-19-7-8-27-11-18(19)26/h4-6,9-10,12-14,18-19,27,34H,7-8,11,15H2,1-3H3,(H,30,31). The summed E-state index contributed by atoms with van der Waals surface area (Å²) < 4.78 is 23.6. The average Bonchev–Trinajstić information content (AvgIpc) is 3.45. The van der Waals surface area contributed by atoms with Crippen molar-refractivity contribution in [2.75, 3.05) is 25.5 Å². The van der Waals surface area contributed by atoms with Crippen molar-refractivity contribution >= 4 is 11.5 Å². The molecule has 9 nitrogen and oxygen atoms in total. The third-order valence-electron chi connectivity index (χ3n) is 6.08. The lowest BCUT2D eigenvalue weighted by molar-refractivity contribution is 0.0577. The van der Waals surface area contributed by atoms with Gasteiger partial charge in [-0.05, 0) is 38.9 Å². The molecule has 5 rings (SSSR count). The molecule has 4 aromatic rings. The number of rotatable bonds is 7. The Morgan fingerprint density at radius 1 is 1.29 bits per heavy atom. The van der Waals surface area contributed by atoms with Crippen molar-refractivity contribution < 1.29 is 14.2 Å². The van der Waals surface area contributed by atoms with Crippen LogP contribution in [-0.2, 0) is 6.54 Å². The third kappa shape index (κ3) is 4.98. The quantitative estimate of drug-likeness (QED) is 0.374. The average molecular weight is 480 g/mol. The first-order chi connectivity index (χ1) is 16.8. The number of nitrogens with one attached hydrogen (secondary N) is 2. The highest BCUT2D eigenvalue weighted by Crippen LogP contribution is 2.33. The molecular weight excluding hydrogens is 449 g/mol. The van der Waals surface area contributed by atoms with E-state index >= 15 is 0 Å². The van der Waals surface area contributed by atoms with E-state index < -0.39 is 11.8 Å². The lowest BCUT2D eigenvalue weighted by Gasteiger charge is -2.27. The molecule has 1 aliphatic rings. The van der Waals surface area contributed by atoms with Crippen LogP contribution in [0.3, 0.4) is 0 Å².